The molecule has 9 nitrogen and oxygen atoms in total. The molecule has 0 bridgehead atoms. The number of rotatable bonds is 5. The maximum Gasteiger partial charge on any atom is 0.269 e. The standard InChI is InChI=1S/C24H18BrN3O6/c1-33-19-12-7-14(13-18(19)25)21-20-22(34-27(21)16-5-3-2-4-6-16)24(30)26(23(20)29)15-8-10-17(11-9-15)28(31)32/h2-13,20-22H,1H3/t20-,21+,22+/m1/s1. The lowest BCUT2D eigenvalue weighted by atomic mass is 9.90. The second kappa shape index (κ2) is 8.54. The van der Waals surface area contributed by atoms with Crippen molar-refractivity contribution in [1.29, 1.82) is 0 Å². The fourth-order valence-corrected chi connectivity index (χ4v) is 4.96. The van der Waals surface area contributed by atoms with Crippen molar-refractivity contribution >= 4 is 44.8 Å². The largest absolute Gasteiger partial charge is 0.496 e. The SMILES string of the molecule is COc1ccc([C@H]2[C@H]3C(=O)N(c4ccc([N+](=O)[O-])cc4)C(=O)[C@H]3ON2c2ccccc2)cc1Br. The molecule has 34 heavy (non-hydrogen) atoms. The van der Waals surface area contributed by atoms with Gasteiger partial charge in [0.05, 0.1) is 33.9 Å². The number of imide groups is 1. The van der Waals surface area contributed by atoms with Crippen LogP contribution in [0.4, 0.5) is 17.1 Å². The van der Waals surface area contributed by atoms with Crippen molar-refractivity contribution in [1.82, 2.24) is 0 Å². The number of methoxy groups -OCH3 is 1. The Kier molecular flexibility index (Phi) is 5.54. The molecule has 2 aliphatic rings. The molecule has 0 spiro atoms. The molecule has 10 heteroatoms. The average Bonchev–Trinajstić information content (AvgIpc) is 3.35. The van der Waals surface area contributed by atoms with Crippen molar-refractivity contribution in [3.05, 3.63) is 92.9 Å². The van der Waals surface area contributed by atoms with Crippen LogP contribution in [0.25, 0.3) is 0 Å². The molecule has 2 saturated heterocycles. The Labute approximate surface area is 202 Å². The molecular formula is C24H18BrN3O6. The van der Waals surface area contributed by atoms with E-state index >= 15 is 0 Å². The monoisotopic (exact) mass is 523 g/mol. The summed E-state index contributed by atoms with van der Waals surface area (Å²) in [5.41, 5.74) is 1.60. The summed E-state index contributed by atoms with van der Waals surface area (Å²) in [6, 6.07) is 19.4. The van der Waals surface area contributed by atoms with Gasteiger partial charge in [0.2, 0.25) is 5.91 Å². The Hall–Kier alpha value is -3.76. The van der Waals surface area contributed by atoms with Crippen molar-refractivity contribution in [2.45, 2.75) is 12.1 Å². The zero-order chi connectivity index (χ0) is 24.0. The van der Waals surface area contributed by atoms with Crippen LogP contribution in [0.1, 0.15) is 11.6 Å². The van der Waals surface area contributed by atoms with Gasteiger partial charge in [-0.25, -0.2) is 9.96 Å². The third-order valence-electron chi connectivity index (χ3n) is 5.96. The lowest BCUT2D eigenvalue weighted by Crippen LogP contribution is -2.37. The highest BCUT2D eigenvalue weighted by Crippen LogP contribution is 2.48. The van der Waals surface area contributed by atoms with Crippen molar-refractivity contribution in [3.8, 4) is 5.75 Å². The summed E-state index contributed by atoms with van der Waals surface area (Å²) < 4.78 is 6.03. The molecule has 0 aromatic heterocycles. The summed E-state index contributed by atoms with van der Waals surface area (Å²) in [5.74, 6) is -1.13. The fourth-order valence-electron chi connectivity index (χ4n) is 4.40. The van der Waals surface area contributed by atoms with Gasteiger partial charge in [-0.2, -0.15) is 0 Å². The van der Waals surface area contributed by atoms with Crippen molar-refractivity contribution in [2.75, 3.05) is 17.1 Å². The van der Waals surface area contributed by atoms with E-state index in [4.69, 9.17) is 9.57 Å². The molecule has 3 aromatic carbocycles. The highest BCUT2D eigenvalue weighted by molar-refractivity contribution is 9.10. The fraction of sp³-hybridized carbons (Fsp3) is 0.167. The molecule has 2 fully saturated rings. The molecule has 2 aliphatic heterocycles. The molecule has 3 atom stereocenters. The van der Waals surface area contributed by atoms with Crippen LogP contribution < -0.4 is 14.7 Å². The second-order valence-electron chi connectivity index (χ2n) is 7.84. The van der Waals surface area contributed by atoms with Gasteiger partial charge in [-0.05, 0) is 57.9 Å². The van der Waals surface area contributed by atoms with Crippen LogP contribution in [0.3, 0.4) is 0 Å². The van der Waals surface area contributed by atoms with Crippen molar-refractivity contribution < 1.29 is 24.1 Å². The normalized spacial score (nSPS) is 21.6. The molecule has 3 aromatic rings. The maximum atomic E-state index is 13.6. The number of nitro groups is 1. The number of carbonyl (C=O) groups is 2. The van der Waals surface area contributed by atoms with Crippen LogP contribution >= 0.6 is 15.9 Å². The number of halogens is 1. The maximum absolute atomic E-state index is 13.6. The topological polar surface area (TPSA) is 102 Å². The van der Waals surface area contributed by atoms with E-state index in [1.165, 1.54) is 24.3 Å². The third kappa shape index (κ3) is 3.51. The lowest BCUT2D eigenvalue weighted by molar-refractivity contribution is -0.384. The lowest BCUT2D eigenvalue weighted by Gasteiger charge is -2.29. The first kappa shape index (κ1) is 22.1. The molecule has 5 rings (SSSR count). The summed E-state index contributed by atoms with van der Waals surface area (Å²) in [6.45, 7) is 0. The molecule has 2 amide bonds. The van der Waals surface area contributed by atoms with Crippen molar-refractivity contribution in [2.24, 2.45) is 5.92 Å². The van der Waals surface area contributed by atoms with Gasteiger partial charge in [-0.1, -0.05) is 24.3 Å². The Balaban J connectivity index is 1.56. The molecule has 172 valence electrons. The highest BCUT2D eigenvalue weighted by Gasteiger charge is 2.60. The highest BCUT2D eigenvalue weighted by atomic mass is 79.9. The number of para-hydroxylation sites is 1. The quantitative estimate of drug-likeness (QED) is 0.277. The molecular weight excluding hydrogens is 506 g/mol. The minimum atomic E-state index is -1.03. The minimum Gasteiger partial charge on any atom is -0.496 e. The van der Waals surface area contributed by atoms with Gasteiger partial charge in [0, 0.05) is 12.1 Å². The first-order valence-corrected chi connectivity index (χ1v) is 11.2. The zero-order valence-electron chi connectivity index (χ0n) is 17.8. The average molecular weight is 524 g/mol. The van der Waals surface area contributed by atoms with Crippen LogP contribution in [0.5, 0.6) is 5.75 Å². The summed E-state index contributed by atoms with van der Waals surface area (Å²) >= 11 is 3.50. The minimum absolute atomic E-state index is 0.129. The second-order valence-corrected chi connectivity index (χ2v) is 8.69. The number of benzene rings is 3. The van der Waals surface area contributed by atoms with E-state index in [1.54, 1.807) is 18.2 Å². The number of hydrogen-bond acceptors (Lipinski definition) is 7. The number of hydrogen-bond donors (Lipinski definition) is 0. The van der Waals surface area contributed by atoms with Gasteiger partial charge in [0.15, 0.2) is 6.10 Å². The van der Waals surface area contributed by atoms with E-state index in [2.05, 4.69) is 15.9 Å². The molecule has 2 heterocycles. The first-order chi connectivity index (χ1) is 16.4. The Bertz CT molecular complexity index is 1280. The third-order valence-corrected chi connectivity index (χ3v) is 6.58. The van der Waals surface area contributed by atoms with Gasteiger partial charge in [0.25, 0.3) is 11.6 Å². The number of ether oxygens (including phenoxy) is 1. The number of fused-ring (bicyclic) bond motifs is 1. The van der Waals surface area contributed by atoms with E-state index in [0.29, 0.717) is 15.9 Å². The molecule has 0 N–H and O–H groups in total. The summed E-state index contributed by atoms with van der Waals surface area (Å²) in [4.78, 5) is 44.5. The Morgan fingerprint density at radius 1 is 0.971 bits per heavy atom. The van der Waals surface area contributed by atoms with Gasteiger partial charge >= 0.3 is 0 Å². The van der Waals surface area contributed by atoms with E-state index in [-0.39, 0.29) is 11.4 Å². The number of hydroxylamine groups is 1. The smallest absolute Gasteiger partial charge is 0.269 e. The number of non-ortho nitro benzene ring substituents is 1. The number of nitro benzene ring substituents is 1. The molecule has 0 radical (unpaired) electrons. The van der Waals surface area contributed by atoms with Crippen LogP contribution in [-0.2, 0) is 14.4 Å². The summed E-state index contributed by atoms with van der Waals surface area (Å²) in [5, 5.41) is 12.6. The van der Waals surface area contributed by atoms with E-state index < -0.39 is 34.8 Å². The van der Waals surface area contributed by atoms with E-state index in [0.717, 1.165) is 10.5 Å². The van der Waals surface area contributed by atoms with Gasteiger partial charge in [-0.15, -0.1) is 0 Å². The zero-order valence-corrected chi connectivity index (χ0v) is 19.4. The van der Waals surface area contributed by atoms with E-state index in [1.807, 2.05) is 42.5 Å². The van der Waals surface area contributed by atoms with Crippen molar-refractivity contribution in [3.63, 3.8) is 0 Å². The van der Waals surface area contributed by atoms with Gasteiger partial charge in [0.1, 0.15) is 11.7 Å². The van der Waals surface area contributed by atoms with Gasteiger partial charge in [-0.3, -0.25) is 24.5 Å². The Morgan fingerprint density at radius 2 is 1.68 bits per heavy atom. The summed E-state index contributed by atoms with van der Waals surface area (Å²) in [6.07, 6.45) is -1.03. The molecule has 0 saturated carbocycles. The van der Waals surface area contributed by atoms with Crippen LogP contribution in [-0.4, -0.2) is 30.0 Å². The van der Waals surface area contributed by atoms with Crippen LogP contribution in [0.15, 0.2) is 77.3 Å². The predicted molar refractivity (Wildman–Crippen MR) is 126 cm³/mol. The number of anilines is 2. The molecule has 0 aliphatic carbocycles. The first-order valence-electron chi connectivity index (χ1n) is 10.4. The van der Waals surface area contributed by atoms with Gasteiger partial charge < -0.3 is 4.74 Å². The van der Waals surface area contributed by atoms with Crippen LogP contribution in [0, 0.1) is 16.0 Å². The number of nitrogens with zero attached hydrogens (tertiary/aromatic N) is 3. The number of carbonyl (C=O) groups excluding carboxylic acids is 2. The summed E-state index contributed by atoms with van der Waals surface area (Å²) in [7, 11) is 1.56. The number of amides is 2. The van der Waals surface area contributed by atoms with Crippen LogP contribution in [0.2, 0.25) is 0 Å². The molecule has 0 unspecified atom stereocenters. The predicted octanol–water partition coefficient (Wildman–Crippen LogP) is 4.42. The Morgan fingerprint density at radius 3 is 2.29 bits per heavy atom. The van der Waals surface area contributed by atoms with E-state index in [9.17, 15) is 19.7 Å².